The van der Waals surface area contributed by atoms with E-state index in [1.807, 2.05) is 25.7 Å². The number of likely N-dealkylation sites (tertiary alicyclic amines) is 1. The summed E-state index contributed by atoms with van der Waals surface area (Å²) in [6.45, 7) is 8.86. The molecule has 1 amide bonds. The van der Waals surface area contributed by atoms with Crippen LogP contribution in [0.5, 0.6) is 0 Å². The van der Waals surface area contributed by atoms with E-state index >= 15 is 0 Å². The number of hydrogen-bond donors (Lipinski definition) is 2. The molecule has 0 aromatic heterocycles. The Balaban J connectivity index is 2.01. The second-order valence-corrected chi connectivity index (χ2v) is 7.57. The van der Waals surface area contributed by atoms with Crippen LogP contribution in [0.15, 0.2) is 0 Å². The molecule has 0 aromatic carbocycles. The minimum absolute atomic E-state index is 0.198. The fourth-order valence-corrected chi connectivity index (χ4v) is 3.43. The molecule has 3 unspecified atom stereocenters. The van der Waals surface area contributed by atoms with Crippen LogP contribution in [-0.2, 0) is 4.74 Å². The summed E-state index contributed by atoms with van der Waals surface area (Å²) in [5.41, 5.74) is -0.453. The zero-order valence-electron chi connectivity index (χ0n) is 13.8. The molecule has 5 heteroatoms. The molecule has 1 saturated carbocycles. The van der Waals surface area contributed by atoms with Crippen LogP contribution in [0.1, 0.15) is 53.4 Å². The Morgan fingerprint density at radius 1 is 1.38 bits per heavy atom. The van der Waals surface area contributed by atoms with E-state index in [2.05, 4.69) is 5.32 Å². The highest BCUT2D eigenvalue weighted by Gasteiger charge is 2.41. The van der Waals surface area contributed by atoms with Crippen LogP contribution in [-0.4, -0.2) is 53.0 Å². The van der Waals surface area contributed by atoms with E-state index in [1.165, 1.54) is 6.42 Å². The topological polar surface area (TPSA) is 61.8 Å². The molecule has 2 aliphatic rings. The quantitative estimate of drug-likeness (QED) is 0.838. The highest BCUT2D eigenvalue weighted by molar-refractivity contribution is 5.69. The van der Waals surface area contributed by atoms with E-state index in [1.54, 1.807) is 6.92 Å². The molecule has 0 spiro atoms. The summed E-state index contributed by atoms with van der Waals surface area (Å²) in [7, 11) is 0. The molecule has 1 saturated heterocycles. The lowest BCUT2D eigenvalue weighted by molar-refractivity contribution is -0.0115. The first-order valence-electron chi connectivity index (χ1n) is 8.17. The predicted molar refractivity (Wildman–Crippen MR) is 82.2 cm³/mol. The van der Waals surface area contributed by atoms with E-state index in [4.69, 9.17) is 4.74 Å². The van der Waals surface area contributed by atoms with Gasteiger partial charge in [-0.05, 0) is 59.3 Å². The number of amides is 1. The summed E-state index contributed by atoms with van der Waals surface area (Å²) >= 11 is 0. The summed E-state index contributed by atoms with van der Waals surface area (Å²) in [5.74, 6) is 0.735. The molecular formula is C16H30N2O3. The lowest BCUT2D eigenvalue weighted by Gasteiger charge is -2.47. The van der Waals surface area contributed by atoms with Gasteiger partial charge in [0.15, 0.2) is 0 Å². The molecule has 2 N–H and O–H groups in total. The van der Waals surface area contributed by atoms with Crippen molar-refractivity contribution >= 4 is 6.09 Å². The second kappa shape index (κ2) is 6.53. The number of carbonyl (C=O) groups is 1. The number of piperidine rings is 1. The number of nitrogens with one attached hydrogen (secondary N) is 1. The molecule has 2 rings (SSSR count). The van der Waals surface area contributed by atoms with Crippen molar-refractivity contribution in [2.24, 2.45) is 5.92 Å². The SMILES string of the molecule is C[C@H](O)CNC1CCC2CCN(C(=O)OC(C)(C)C)C1C2. The van der Waals surface area contributed by atoms with Crippen LogP contribution in [0.2, 0.25) is 0 Å². The number of aliphatic hydroxyl groups is 1. The van der Waals surface area contributed by atoms with Crippen LogP contribution in [0.4, 0.5) is 4.79 Å². The minimum Gasteiger partial charge on any atom is -0.444 e. The van der Waals surface area contributed by atoms with Crippen LogP contribution in [0.25, 0.3) is 0 Å². The normalized spacial score (nSPS) is 30.9. The van der Waals surface area contributed by atoms with Gasteiger partial charge in [-0.15, -0.1) is 0 Å². The van der Waals surface area contributed by atoms with Gasteiger partial charge in [0.05, 0.1) is 12.1 Å². The molecule has 2 fully saturated rings. The van der Waals surface area contributed by atoms with Gasteiger partial charge < -0.3 is 20.1 Å². The fourth-order valence-electron chi connectivity index (χ4n) is 3.43. The monoisotopic (exact) mass is 298 g/mol. The largest absolute Gasteiger partial charge is 0.444 e. The standard InChI is InChI=1S/C16H30N2O3/c1-11(19)10-17-13-6-5-12-7-8-18(14(13)9-12)15(20)21-16(2,3)4/h11-14,17,19H,5-10H2,1-4H3/t11-,12?,13?,14?/m0/s1. The van der Waals surface area contributed by atoms with Gasteiger partial charge in [-0.2, -0.15) is 0 Å². The minimum atomic E-state index is -0.453. The van der Waals surface area contributed by atoms with Gasteiger partial charge in [-0.1, -0.05) is 0 Å². The van der Waals surface area contributed by atoms with Gasteiger partial charge >= 0.3 is 6.09 Å². The first-order chi connectivity index (χ1) is 9.76. The third kappa shape index (κ3) is 4.58. The van der Waals surface area contributed by atoms with Crippen molar-refractivity contribution in [2.75, 3.05) is 13.1 Å². The van der Waals surface area contributed by atoms with Crippen molar-refractivity contribution < 1.29 is 14.6 Å². The average molecular weight is 298 g/mol. The number of carbonyl (C=O) groups excluding carboxylic acids is 1. The van der Waals surface area contributed by atoms with E-state index in [9.17, 15) is 9.90 Å². The van der Waals surface area contributed by atoms with Gasteiger partial charge in [-0.3, -0.25) is 0 Å². The maximum Gasteiger partial charge on any atom is 0.410 e. The van der Waals surface area contributed by atoms with Gasteiger partial charge in [0.1, 0.15) is 5.60 Å². The molecule has 1 aliphatic carbocycles. The number of ether oxygens (including phenoxy) is 1. The maximum absolute atomic E-state index is 12.4. The maximum atomic E-state index is 12.4. The molecule has 4 atom stereocenters. The summed E-state index contributed by atoms with van der Waals surface area (Å²) < 4.78 is 5.55. The molecule has 1 aliphatic heterocycles. The highest BCUT2D eigenvalue weighted by Crippen LogP contribution is 2.35. The Morgan fingerprint density at radius 2 is 2.10 bits per heavy atom. The Hall–Kier alpha value is -0.810. The third-order valence-corrected chi connectivity index (χ3v) is 4.41. The lowest BCUT2D eigenvalue weighted by atomic mass is 9.77. The number of nitrogens with zero attached hydrogens (tertiary/aromatic N) is 1. The van der Waals surface area contributed by atoms with Crippen molar-refractivity contribution in [3.63, 3.8) is 0 Å². The summed E-state index contributed by atoms with van der Waals surface area (Å²) in [6.07, 6.45) is 3.87. The Morgan fingerprint density at radius 3 is 2.71 bits per heavy atom. The predicted octanol–water partition coefficient (Wildman–Crippen LogP) is 2.13. The van der Waals surface area contributed by atoms with Gasteiger partial charge in [0, 0.05) is 19.1 Å². The van der Waals surface area contributed by atoms with Gasteiger partial charge in [0.25, 0.3) is 0 Å². The zero-order chi connectivity index (χ0) is 15.6. The van der Waals surface area contributed by atoms with E-state index in [-0.39, 0.29) is 24.3 Å². The molecule has 5 nitrogen and oxygen atoms in total. The van der Waals surface area contributed by atoms with Crippen LogP contribution < -0.4 is 5.32 Å². The van der Waals surface area contributed by atoms with Crippen LogP contribution >= 0.6 is 0 Å². The Bertz CT molecular complexity index is 365. The fraction of sp³-hybridized carbons (Fsp3) is 0.938. The first kappa shape index (κ1) is 16.6. The summed E-state index contributed by atoms with van der Waals surface area (Å²) in [5, 5.41) is 12.9. The van der Waals surface area contributed by atoms with Gasteiger partial charge in [-0.25, -0.2) is 4.79 Å². The molecule has 122 valence electrons. The molecule has 1 heterocycles. The second-order valence-electron chi connectivity index (χ2n) is 7.57. The first-order valence-corrected chi connectivity index (χ1v) is 8.17. The summed E-state index contributed by atoms with van der Waals surface area (Å²) in [4.78, 5) is 14.3. The van der Waals surface area contributed by atoms with Crippen LogP contribution in [0, 0.1) is 5.92 Å². The van der Waals surface area contributed by atoms with E-state index < -0.39 is 5.60 Å². The molecule has 21 heavy (non-hydrogen) atoms. The third-order valence-electron chi connectivity index (χ3n) is 4.41. The summed E-state index contributed by atoms with van der Waals surface area (Å²) in [6, 6.07) is 0.467. The molecule has 0 aromatic rings. The Labute approximate surface area is 128 Å². The van der Waals surface area contributed by atoms with Crippen molar-refractivity contribution in [3.8, 4) is 0 Å². The molecular weight excluding hydrogens is 268 g/mol. The van der Waals surface area contributed by atoms with E-state index in [0.29, 0.717) is 6.54 Å². The van der Waals surface area contributed by atoms with Crippen LogP contribution in [0.3, 0.4) is 0 Å². The number of rotatable bonds is 3. The lowest BCUT2D eigenvalue weighted by Crippen LogP contribution is -2.59. The molecule has 2 bridgehead atoms. The van der Waals surface area contributed by atoms with E-state index in [0.717, 1.165) is 31.7 Å². The highest BCUT2D eigenvalue weighted by atomic mass is 16.6. The average Bonchev–Trinajstić information content (AvgIpc) is 2.36. The number of fused-ring (bicyclic) bond motifs is 2. The molecule has 0 radical (unpaired) electrons. The number of aliphatic hydroxyl groups excluding tert-OH is 1. The Kier molecular flexibility index (Phi) is 5.15. The van der Waals surface area contributed by atoms with Gasteiger partial charge in [0.2, 0.25) is 0 Å². The smallest absolute Gasteiger partial charge is 0.410 e. The van der Waals surface area contributed by atoms with Crippen molar-refractivity contribution in [3.05, 3.63) is 0 Å². The number of hydrogen-bond acceptors (Lipinski definition) is 4. The zero-order valence-corrected chi connectivity index (χ0v) is 13.8. The van der Waals surface area contributed by atoms with Crippen molar-refractivity contribution in [2.45, 2.75) is 77.2 Å². The van der Waals surface area contributed by atoms with Crippen molar-refractivity contribution in [1.82, 2.24) is 10.2 Å². The van der Waals surface area contributed by atoms with Crippen molar-refractivity contribution in [1.29, 1.82) is 0 Å².